The van der Waals surface area contributed by atoms with Crippen molar-refractivity contribution in [1.82, 2.24) is 5.16 Å². The first-order valence-corrected chi connectivity index (χ1v) is 9.10. The monoisotopic (exact) mass is 416 g/mol. The molecule has 3 rings (SSSR count). The van der Waals surface area contributed by atoms with Gasteiger partial charge < -0.3 is 14.6 Å². The van der Waals surface area contributed by atoms with Gasteiger partial charge in [0.1, 0.15) is 22.8 Å². The minimum atomic E-state index is -0.867. The van der Waals surface area contributed by atoms with Crippen LogP contribution < -0.4 is 5.32 Å². The van der Waals surface area contributed by atoms with E-state index in [0.717, 1.165) is 11.1 Å². The molecule has 0 radical (unpaired) electrons. The van der Waals surface area contributed by atoms with Gasteiger partial charge in [0.15, 0.2) is 6.61 Å². The van der Waals surface area contributed by atoms with Gasteiger partial charge in [-0.15, -0.1) is 0 Å². The van der Waals surface area contributed by atoms with Crippen molar-refractivity contribution in [3.8, 4) is 11.3 Å². The molecule has 29 heavy (non-hydrogen) atoms. The van der Waals surface area contributed by atoms with Crippen molar-refractivity contribution >= 4 is 29.2 Å². The van der Waals surface area contributed by atoms with Crippen LogP contribution in [0.4, 0.5) is 10.1 Å². The molecule has 1 amide bonds. The van der Waals surface area contributed by atoms with Gasteiger partial charge in [-0.3, -0.25) is 4.79 Å². The zero-order valence-corrected chi connectivity index (χ0v) is 16.8. The fourth-order valence-electron chi connectivity index (χ4n) is 2.85. The molecule has 3 aromatic rings. The first-order valence-electron chi connectivity index (χ1n) is 8.72. The van der Waals surface area contributed by atoms with Crippen molar-refractivity contribution in [3.63, 3.8) is 0 Å². The number of benzene rings is 2. The van der Waals surface area contributed by atoms with Gasteiger partial charge in [0, 0.05) is 5.69 Å². The van der Waals surface area contributed by atoms with E-state index in [0.29, 0.717) is 5.69 Å². The number of rotatable bonds is 5. The third kappa shape index (κ3) is 4.46. The maximum Gasteiger partial charge on any atom is 0.344 e. The molecule has 1 aromatic heterocycles. The highest BCUT2D eigenvalue weighted by Gasteiger charge is 2.27. The topological polar surface area (TPSA) is 81.4 Å². The summed E-state index contributed by atoms with van der Waals surface area (Å²) >= 11 is 6.06. The summed E-state index contributed by atoms with van der Waals surface area (Å²) in [6.45, 7) is 4.76. The summed E-state index contributed by atoms with van der Waals surface area (Å²) in [5.74, 6) is -1.91. The molecule has 0 bridgehead atoms. The van der Waals surface area contributed by atoms with Crippen molar-refractivity contribution in [3.05, 3.63) is 69.7 Å². The second-order valence-electron chi connectivity index (χ2n) is 6.50. The van der Waals surface area contributed by atoms with Crippen LogP contribution in [0.25, 0.3) is 11.3 Å². The zero-order valence-electron chi connectivity index (χ0n) is 16.0. The largest absolute Gasteiger partial charge is 0.452 e. The number of anilines is 1. The lowest BCUT2D eigenvalue weighted by atomic mass is 10.1. The van der Waals surface area contributed by atoms with Crippen molar-refractivity contribution in [2.75, 3.05) is 11.9 Å². The number of carbonyl (C=O) groups is 2. The normalized spacial score (nSPS) is 10.7. The van der Waals surface area contributed by atoms with Crippen molar-refractivity contribution in [2.45, 2.75) is 20.8 Å². The molecule has 150 valence electrons. The molecule has 6 nitrogen and oxygen atoms in total. The maximum atomic E-state index is 14.2. The van der Waals surface area contributed by atoms with Crippen LogP contribution in [0.2, 0.25) is 5.02 Å². The molecule has 0 aliphatic rings. The van der Waals surface area contributed by atoms with Gasteiger partial charge in [-0.2, -0.15) is 0 Å². The number of carbonyl (C=O) groups excluding carboxylic acids is 2. The summed E-state index contributed by atoms with van der Waals surface area (Å²) in [4.78, 5) is 24.7. The molecule has 0 fully saturated rings. The Bertz CT molecular complexity index is 1070. The van der Waals surface area contributed by atoms with E-state index in [1.165, 1.54) is 25.1 Å². The zero-order chi connectivity index (χ0) is 21.1. The molecular weight excluding hydrogens is 399 g/mol. The van der Waals surface area contributed by atoms with Gasteiger partial charge >= 0.3 is 5.97 Å². The lowest BCUT2D eigenvalue weighted by Crippen LogP contribution is -2.21. The second-order valence-corrected chi connectivity index (χ2v) is 6.91. The van der Waals surface area contributed by atoms with Gasteiger partial charge in [-0.25, -0.2) is 9.18 Å². The Morgan fingerprint density at radius 1 is 1.21 bits per heavy atom. The Labute approximate surface area is 171 Å². The quantitative estimate of drug-likeness (QED) is 0.601. The third-order valence-electron chi connectivity index (χ3n) is 4.26. The highest BCUT2D eigenvalue weighted by molar-refractivity contribution is 6.33. The van der Waals surface area contributed by atoms with Crippen LogP contribution >= 0.6 is 11.6 Å². The molecule has 0 unspecified atom stereocenters. The van der Waals surface area contributed by atoms with Crippen LogP contribution in [0.5, 0.6) is 0 Å². The van der Waals surface area contributed by atoms with Crippen LogP contribution in [-0.2, 0) is 9.53 Å². The fraction of sp³-hybridized carbons (Fsp3) is 0.190. The average Bonchev–Trinajstić information content (AvgIpc) is 3.03. The summed E-state index contributed by atoms with van der Waals surface area (Å²) in [7, 11) is 0. The number of esters is 1. The third-order valence-corrected chi connectivity index (χ3v) is 4.57. The number of halogens is 2. The Balaban J connectivity index is 1.75. The molecule has 1 heterocycles. The number of amides is 1. The summed E-state index contributed by atoms with van der Waals surface area (Å²) in [5.41, 5.74) is 2.33. The number of hydrogen-bond donors (Lipinski definition) is 1. The SMILES string of the molecule is Cc1ccc(NC(=O)COC(=O)c2c(-c3c(F)cccc3Cl)noc2C)c(C)c1. The van der Waals surface area contributed by atoms with E-state index in [1.54, 1.807) is 6.07 Å². The van der Waals surface area contributed by atoms with Crippen LogP contribution in [0.3, 0.4) is 0 Å². The van der Waals surface area contributed by atoms with Gasteiger partial charge in [-0.05, 0) is 44.5 Å². The molecule has 0 aliphatic heterocycles. The minimum absolute atomic E-state index is 0.0694. The smallest absolute Gasteiger partial charge is 0.344 e. The maximum absolute atomic E-state index is 14.2. The molecule has 0 spiro atoms. The molecule has 2 aromatic carbocycles. The number of aromatic nitrogens is 1. The van der Waals surface area contributed by atoms with Crippen molar-refractivity contribution < 1.29 is 23.2 Å². The first kappa shape index (κ1) is 20.5. The standard InChI is InChI=1S/C21H18ClFN2O4/c1-11-7-8-16(12(2)9-11)24-17(26)10-28-21(27)18-13(3)29-25-20(18)19-14(22)5-4-6-15(19)23/h4-9H,10H2,1-3H3,(H,24,26). The van der Waals surface area contributed by atoms with Crippen molar-refractivity contribution in [1.29, 1.82) is 0 Å². The minimum Gasteiger partial charge on any atom is -0.452 e. The summed E-state index contributed by atoms with van der Waals surface area (Å²) in [6, 6.07) is 9.65. The molecular formula is C21H18ClFN2O4. The molecule has 0 atom stereocenters. The van der Waals surface area contributed by atoms with Crippen LogP contribution in [-0.4, -0.2) is 23.6 Å². The highest BCUT2D eigenvalue weighted by atomic mass is 35.5. The van der Waals surface area contributed by atoms with E-state index in [1.807, 2.05) is 26.0 Å². The van der Waals surface area contributed by atoms with Gasteiger partial charge in [0.2, 0.25) is 0 Å². The fourth-order valence-corrected chi connectivity index (χ4v) is 3.10. The van der Waals surface area contributed by atoms with E-state index >= 15 is 0 Å². The van der Waals surface area contributed by atoms with E-state index in [4.69, 9.17) is 20.9 Å². The van der Waals surface area contributed by atoms with Crippen molar-refractivity contribution in [2.24, 2.45) is 0 Å². The van der Waals surface area contributed by atoms with E-state index in [9.17, 15) is 14.0 Å². The highest BCUT2D eigenvalue weighted by Crippen LogP contribution is 2.33. The van der Waals surface area contributed by atoms with E-state index < -0.39 is 24.3 Å². The Morgan fingerprint density at radius 3 is 2.66 bits per heavy atom. The molecule has 8 heteroatoms. The number of nitrogens with zero attached hydrogens (tertiary/aromatic N) is 1. The number of ether oxygens (including phenoxy) is 1. The van der Waals surface area contributed by atoms with Crippen LogP contribution in [0.15, 0.2) is 40.9 Å². The second kappa shape index (κ2) is 8.45. The van der Waals surface area contributed by atoms with E-state index in [2.05, 4.69) is 10.5 Å². The summed E-state index contributed by atoms with van der Waals surface area (Å²) < 4.78 is 24.4. The Kier molecular flexibility index (Phi) is 5.98. The number of hydrogen-bond acceptors (Lipinski definition) is 5. The van der Waals surface area contributed by atoms with Gasteiger partial charge in [-0.1, -0.05) is 40.5 Å². The molecule has 0 saturated carbocycles. The van der Waals surface area contributed by atoms with Crippen LogP contribution in [0, 0.1) is 26.6 Å². The first-order chi connectivity index (χ1) is 13.8. The lowest BCUT2D eigenvalue weighted by molar-refractivity contribution is -0.119. The summed E-state index contributed by atoms with van der Waals surface area (Å²) in [5, 5.41) is 6.49. The predicted molar refractivity (Wildman–Crippen MR) is 106 cm³/mol. The molecule has 1 N–H and O–H groups in total. The van der Waals surface area contributed by atoms with Crippen LogP contribution in [0.1, 0.15) is 27.2 Å². The molecule has 0 aliphatic carbocycles. The number of aryl methyl sites for hydroxylation is 3. The Morgan fingerprint density at radius 2 is 1.97 bits per heavy atom. The van der Waals surface area contributed by atoms with Gasteiger partial charge in [0.05, 0.1) is 10.6 Å². The Hall–Kier alpha value is -3.19. The van der Waals surface area contributed by atoms with E-state index in [-0.39, 0.29) is 27.6 Å². The average molecular weight is 417 g/mol. The lowest BCUT2D eigenvalue weighted by Gasteiger charge is -2.10. The molecule has 0 saturated heterocycles. The van der Waals surface area contributed by atoms with Gasteiger partial charge in [0.25, 0.3) is 5.91 Å². The predicted octanol–water partition coefficient (Wildman–Crippen LogP) is 4.85. The number of nitrogens with one attached hydrogen (secondary N) is 1. The summed E-state index contributed by atoms with van der Waals surface area (Å²) in [6.07, 6.45) is 0.